The van der Waals surface area contributed by atoms with Crippen LogP contribution >= 0.6 is 0 Å². The second-order valence-electron chi connectivity index (χ2n) is 23.7. The molecule has 0 aliphatic heterocycles. The summed E-state index contributed by atoms with van der Waals surface area (Å²) in [5.41, 5.74) is 32.1. The van der Waals surface area contributed by atoms with Gasteiger partial charge in [0.05, 0.1) is 0 Å². The fourth-order valence-electron chi connectivity index (χ4n) is 6.04. The van der Waals surface area contributed by atoms with Gasteiger partial charge in [-0.3, -0.25) is 57.1 Å². The molecule has 0 atom stereocenters. The molecule has 0 unspecified atom stereocenters. The molecule has 142 heavy (non-hydrogen) atoms. The van der Waals surface area contributed by atoms with Crippen LogP contribution in [0, 0.1) is 81.2 Å². The van der Waals surface area contributed by atoms with E-state index < -0.39 is 0 Å². The van der Waals surface area contributed by atoms with Crippen molar-refractivity contribution in [2.45, 2.75) is 275 Å². The van der Waals surface area contributed by atoms with Crippen molar-refractivity contribution in [2.75, 3.05) is 45.8 Å². The van der Waals surface area contributed by atoms with Crippen molar-refractivity contribution < 1.29 is 309 Å². The third kappa shape index (κ3) is 313. The Labute approximate surface area is 1110 Å². The topological polar surface area (TPSA) is 303 Å². The predicted molar refractivity (Wildman–Crippen MR) is 617 cm³/mol. The molecule has 0 aromatic heterocycles. The van der Waals surface area contributed by atoms with E-state index in [4.69, 9.17) is 26.8 Å². The standard InChI is InChI=1S/4C8H10N.3C8H8N.C7H6O.C4H11N.2C4H9N.3C4H10.3C2H7N.2C2H4O.8C2H6.2CH4N.9Y/c7*1-9-7-8-5-3-2-4-6-8;8-6-7-4-2-1-3-5-7;3*1-3-5-4-2;3*1-4(2)3;5*1-2-3;10*1-2;;;;;;;;;/h4*2-6,9H,1,7H2;3*2-7H,1H2;1-6H;5H,3-4H2,1-2H3;2*3H,4H2,1-2H3;3*4H,1-3H3;3*2-3H2,1H3;2*2H,1H3;8*1-2H3;2*1-2H2;;;;;;;;;/q7*-1;;;;;;;;;;;;;;;;;;;;;2*-1;;;;;;;;;. The van der Waals surface area contributed by atoms with Crippen molar-refractivity contribution in [3.05, 3.63) is 351 Å². The number of aldehydes is 3. The minimum absolute atomic E-state index is 0. The molecule has 0 aliphatic carbocycles. The largest absolute Gasteiger partial charge is 0.486 e. The molecule has 0 aliphatic rings. The fourth-order valence-corrected chi connectivity index (χ4v) is 6.04. The van der Waals surface area contributed by atoms with Crippen LogP contribution in [0.5, 0.6) is 0 Å². The first kappa shape index (κ1) is 225. The molecule has 27 heteroatoms. The van der Waals surface area contributed by atoms with Gasteiger partial charge >= 0.3 is 0 Å². The van der Waals surface area contributed by atoms with Crippen LogP contribution in [0.2, 0.25) is 0 Å². The van der Waals surface area contributed by atoms with E-state index in [0.717, 1.165) is 131 Å². The number of carbonyl (C=O) groups is 3. The Kier molecular flexibility index (Phi) is 422. The van der Waals surface area contributed by atoms with Crippen molar-refractivity contribution in [3.63, 3.8) is 0 Å². The Morgan fingerprint density at radius 3 is 0.458 bits per heavy atom. The summed E-state index contributed by atoms with van der Waals surface area (Å²) in [4.78, 5) is 46.2. The number of nitrogens with zero attached hydrogens (tertiary/aromatic N) is 5. The normalized spacial score (nSPS) is 7.56. The third-order valence-electron chi connectivity index (χ3n) is 9.97. The maximum atomic E-state index is 10.0. The van der Waals surface area contributed by atoms with E-state index >= 15 is 0 Å². The third-order valence-corrected chi connectivity index (χ3v) is 9.97. The molecule has 8 aromatic carbocycles. The number of nitrogens with two attached hydrogens (primary N) is 5. The van der Waals surface area contributed by atoms with Crippen molar-refractivity contribution in [2.24, 2.45) is 71.4 Å². The van der Waals surface area contributed by atoms with Crippen molar-refractivity contribution in [1.82, 2.24) is 26.6 Å². The monoisotopic (exact) mass is 2650 g/mol. The predicted octanol–water partition coefficient (Wildman–Crippen LogP) is 29.2. The van der Waals surface area contributed by atoms with Crippen LogP contribution in [0.1, 0.15) is 299 Å². The van der Waals surface area contributed by atoms with E-state index in [9.17, 15) is 4.79 Å². The second-order valence-corrected chi connectivity index (χ2v) is 23.7. The Balaban J connectivity index is -0.0000000332. The van der Waals surface area contributed by atoms with Crippen LogP contribution < -0.4 is 55.3 Å². The molecular formula is C115H214N15O3Y9-9. The van der Waals surface area contributed by atoms with E-state index in [0.29, 0.717) is 0 Å². The number of benzene rings is 8. The molecule has 0 fully saturated rings. The zero-order valence-corrected chi connectivity index (χ0v) is 123. The molecule has 8 rings (SSSR count). The Morgan fingerprint density at radius 1 is 0.268 bits per heavy atom. The van der Waals surface area contributed by atoms with Crippen LogP contribution in [0.4, 0.5) is 0 Å². The Bertz CT molecular complexity index is 2770. The summed E-state index contributed by atoms with van der Waals surface area (Å²) in [6, 6.07) is 79.4. The number of hydrogen-bond donors (Lipinski definition) is 10. The summed E-state index contributed by atoms with van der Waals surface area (Å²) in [6.07, 6.45) is 11.1. The Morgan fingerprint density at radius 2 is 0.387 bits per heavy atom. The maximum Gasteiger partial charge on any atom is 0.150 e. The molecular weight excluding hydrogens is 2440 g/mol. The van der Waals surface area contributed by atoms with Gasteiger partial charge < -0.3 is 79.8 Å². The van der Waals surface area contributed by atoms with Gasteiger partial charge in [0.1, 0.15) is 18.9 Å². The molecule has 0 spiro atoms. The molecule has 0 saturated heterocycles. The second kappa shape index (κ2) is 266. The number of hydrogen-bond acceptors (Lipinski definition) is 18. The molecule has 9 radical (unpaired) electrons. The van der Waals surface area contributed by atoms with Crippen molar-refractivity contribution >= 4 is 49.9 Å². The molecule has 0 heterocycles. The van der Waals surface area contributed by atoms with Gasteiger partial charge in [0.2, 0.25) is 0 Å². The van der Waals surface area contributed by atoms with E-state index in [-0.39, 0.29) is 294 Å². The number of carbonyl (C=O) groups excluding carboxylic acids is 3. The zero-order chi connectivity index (χ0) is 108. The zero-order valence-electron chi connectivity index (χ0n) is 97.6. The maximum absolute atomic E-state index is 10.0. The first-order valence-electron chi connectivity index (χ1n) is 47.5. The van der Waals surface area contributed by atoms with E-state index in [1.807, 2.05) is 341 Å². The molecule has 15 N–H and O–H groups in total. The quantitative estimate of drug-likeness (QED) is 0.0245. The molecule has 803 valence electrons. The first-order chi connectivity index (χ1) is 64.5. The van der Waals surface area contributed by atoms with Crippen molar-refractivity contribution in [1.29, 1.82) is 0 Å². The summed E-state index contributed by atoms with van der Waals surface area (Å²) in [5, 5.41) is 14.4. The molecule has 8 aromatic rings. The van der Waals surface area contributed by atoms with Crippen LogP contribution in [0.15, 0.2) is 268 Å². The number of nitrogens with one attached hydrogen (secondary N) is 5. The van der Waals surface area contributed by atoms with Gasteiger partial charge in [-0.05, 0) is 153 Å². The van der Waals surface area contributed by atoms with Crippen molar-refractivity contribution in [3.8, 4) is 0 Å². The van der Waals surface area contributed by atoms with Crippen LogP contribution in [0.25, 0.3) is 0 Å². The number of aliphatic imine (C=N–C) groups is 5. The van der Waals surface area contributed by atoms with Gasteiger partial charge in [-0.25, -0.2) is 0 Å². The van der Waals surface area contributed by atoms with Crippen LogP contribution in [-0.4, -0.2) is 95.7 Å². The number of rotatable bonds is 16. The minimum Gasteiger partial charge on any atom is -0.486 e. The molecule has 18 nitrogen and oxygen atoms in total. The SMILES string of the molecule is CC.CC.CC.CC.CC.CC.CC.CC.CC(C)C.CC(C)C.CC(C)C.CC=NCC.CC=NCC.CC=O.CC=O.CCN.CCN.CCN.CCNCC.O=Cc1ccccc1.[CH2-]N.[CH2-]N.[CH2-]N=Cc1ccccc1.[CH2-]N=Cc1ccccc1.[CH2-]N=Cc1ccccc1.[CH2-]NCc1ccccc1.[CH2-]NCc1ccccc1.[CH2-]NCc1ccccc1.[CH2-]NCc1ccccc1.[Y].[Y].[Y].[Y].[Y].[Y].[Y].[Y].[Y]. The first-order valence-corrected chi connectivity index (χ1v) is 47.5. The molecule has 0 amide bonds. The van der Waals surface area contributed by atoms with Gasteiger partial charge in [0.15, 0.2) is 0 Å². The summed E-state index contributed by atoms with van der Waals surface area (Å²) >= 11 is 0. The summed E-state index contributed by atoms with van der Waals surface area (Å²) in [5.74, 6) is 2.50. The van der Waals surface area contributed by atoms with Crippen LogP contribution in [-0.2, 0) is 330 Å². The smallest absolute Gasteiger partial charge is 0.150 e. The molecule has 0 bridgehead atoms. The van der Waals surface area contributed by atoms with Gasteiger partial charge in [-0.1, -0.05) is 467 Å². The van der Waals surface area contributed by atoms with Gasteiger partial charge in [0.25, 0.3) is 0 Å². The summed E-state index contributed by atoms with van der Waals surface area (Å²) in [6.45, 7) is 81.8. The van der Waals surface area contributed by atoms with E-state index in [2.05, 4.69) is 251 Å². The average molecular weight is 2660 g/mol. The summed E-state index contributed by atoms with van der Waals surface area (Å²) in [7, 11) is 29.7. The van der Waals surface area contributed by atoms with Gasteiger partial charge in [-0.2, -0.15) is 21.1 Å². The minimum atomic E-state index is 0. The molecule has 0 saturated carbocycles. The fraction of sp³-hybridized carbons (Fsp3) is 0.435. The van der Waals surface area contributed by atoms with Crippen LogP contribution in [0.3, 0.4) is 0 Å². The van der Waals surface area contributed by atoms with Gasteiger partial charge in [-0.15, -0.1) is 18.6 Å². The summed E-state index contributed by atoms with van der Waals surface area (Å²) < 4.78 is 0. The van der Waals surface area contributed by atoms with E-state index in [1.54, 1.807) is 43.2 Å². The van der Waals surface area contributed by atoms with Gasteiger partial charge in [0, 0.05) is 313 Å². The Hall–Kier alpha value is 0.265. The van der Waals surface area contributed by atoms with E-state index in [1.165, 1.54) is 36.1 Å². The average Bonchev–Trinajstić information content (AvgIpc) is 0.983.